The fraction of sp³-hybridized carbons (Fsp3) is 0.724. The third kappa shape index (κ3) is 4.36. The molecule has 8 atom stereocenters. The number of carbonyl (C=O) groups is 4. The Bertz CT molecular complexity index is 1080. The standard InChI is InChI=1S/C29H40O9/c1-4-5-6-16(11-24(34)35)26(36)38-23-13-18(31)12-17-7-8-19-20-9-10-29(37,22(33)15-30)27(20,2)14-21(32)25(19)28(17,23)3/h12-13,16,19-21,25,30,32,37H,4-11,14-15H2,1-3H3,(H,34,35)/t16?,19-,20-,21-,25+,27-,28+,29-/m0/s1. The molecule has 9 nitrogen and oxygen atoms in total. The molecule has 3 saturated carbocycles. The summed E-state index contributed by atoms with van der Waals surface area (Å²) in [6, 6.07) is 0. The highest BCUT2D eigenvalue weighted by Gasteiger charge is 2.69. The maximum atomic E-state index is 13.2. The van der Waals surface area contributed by atoms with E-state index < -0.39 is 58.7 Å². The molecule has 4 aliphatic rings. The minimum Gasteiger partial charge on any atom is -0.481 e. The van der Waals surface area contributed by atoms with Gasteiger partial charge in [0.2, 0.25) is 0 Å². The SMILES string of the molecule is CCCCC(CC(=O)O)C(=O)OC1=CC(=O)C=C2CC[C@@H]3[C@H]([C@@H](O)C[C@@]4(C)[C@H]3CC[C@]4(O)C(=O)CO)[C@]21C. The van der Waals surface area contributed by atoms with Gasteiger partial charge in [0, 0.05) is 17.4 Å². The average Bonchev–Trinajstić information content (AvgIpc) is 3.12. The summed E-state index contributed by atoms with van der Waals surface area (Å²) < 4.78 is 5.87. The van der Waals surface area contributed by atoms with E-state index in [-0.39, 0.29) is 42.6 Å². The first-order valence-electron chi connectivity index (χ1n) is 13.8. The molecule has 4 N–H and O–H groups in total. The molecule has 4 aliphatic carbocycles. The van der Waals surface area contributed by atoms with E-state index in [2.05, 4.69) is 0 Å². The molecule has 0 bridgehead atoms. The van der Waals surface area contributed by atoms with Gasteiger partial charge >= 0.3 is 11.9 Å². The maximum Gasteiger partial charge on any atom is 0.314 e. The first-order chi connectivity index (χ1) is 17.8. The summed E-state index contributed by atoms with van der Waals surface area (Å²) in [5.41, 5.74) is -2.87. The van der Waals surface area contributed by atoms with Gasteiger partial charge in [0.25, 0.3) is 0 Å². The fourth-order valence-corrected chi connectivity index (χ4v) is 8.29. The number of Topliss-reactive ketones (excluding diaryl/α,β-unsaturated/α-hetero) is 1. The van der Waals surface area contributed by atoms with Crippen molar-refractivity contribution in [1.29, 1.82) is 0 Å². The molecule has 0 radical (unpaired) electrons. The third-order valence-corrected chi connectivity index (χ3v) is 10.3. The van der Waals surface area contributed by atoms with E-state index in [1.54, 1.807) is 6.08 Å². The smallest absolute Gasteiger partial charge is 0.314 e. The summed E-state index contributed by atoms with van der Waals surface area (Å²) in [4.78, 5) is 49.9. The van der Waals surface area contributed by atoms with Crippen LogP contribution in [0.5, 0.6) is 0 Å². The van der Waals surface area contributed by atoms with Crippen molar-refractivity contribution in [2.75, 3.05) is 6.61 Å². The van der Waals surface area contributed by atoms with Crippen molar-refractivity contribution < 1.29 is 44.3 Å². The van der Waals surface area contributed by atoms with Crippen LogP contribution in [0.3, 0.4) is 0 Å². The van der Waals surface area contributed by atoms with Gasteiger partial charge in [0.05, 0.1) is 23.9 Å². The number of carbonyl (C=O) groups excluding carboxylic acids is 3. The number of unbranched alkanes of at least 4 members (excludes halogenated alkanes) is 1. The number of aliphatic hydroxyl groups is 3. The summed E-state index contributed by atoms with van der Waals surface area (Å²) >= 11 is 0. The molecule has 0 aromatic heterocycles. The van der Waals surface area contributed by atoms with Crippen molar-refractivity contribution in [2.24, 2.45) is 34.5 Å². The normalized spacial score (nSPS) is 38.7. The second-order valence-corrected chi connectivity index (χ2v) is 12.1. The molecule has 0 spiro atoms. The van der Waals surface area contributed by atoms with Crippen LogP contribution >= 0.6 is 0 Å². The van der Waals surface area contributed by atoms with E-state index in [9.17, 15) is 39.6 Å². The number of aliphatic carboxylic acids is 1. The monoisotopic (exact) mass is 532 g/mol. The number of ketones is 2. The van der Waals surface area contributed by atoms with Crippen molar-refractivity contribution in [2.45, 2.75) is 90.3 Å². The minimum absolute atomic E-state index is 0.117. The Morgan fingerprint density at radius 3 is 2.53 bits per heavy atom. The van der Waals surface area contributed by atoms with Gasteiger partial charge in [0.15, 0.2) is 11.6 Å². The van der Waals surface area contributed by atoms with Crippen molar-refractivity contribution in [3.63, 3.8) is 0 Å². The van der Waals surface area contributed by atoms with Crippen LogP contribution in [0.2, 0.25) is 0 Å². The lowest BCUT2D eigenvalue weighted by Crippen LogP contribution is -2.62. The number of allylic oxidation sites excluding steroid dienone is 3. The zero-order valence-corrected chi connectivity index (χ0v) is 22.4. The summed E-state index contributed by atoms with van der Waals surface area (Å²) in [6.45, 7) is 4.86. The van der Waals surface area contributed by atoms with E-state index >= 15 is 0 Å². The van der Waals surface area contributed by atoms with E-state index in [1.807, 2.05) is 20.8 Å². The molecule has 1 unspecified atom stereocenters. The fourth-order valence-electron chi connectivity index (χ4n) is 8.29. The molecule has 4 rings (SSSR count). The van der Waals surface area contributed by atoms with Crippen LogP contribution in [0.15, 0.2) is 23.5 Å². The van der Waals surface area contributed by atoms with Crippen molar-refractivity contribution in [3.05, 3.63) is 23.5 Å². The molecule has 38 heavy (non-hydrogen) atoms. The topological polar surface area (TPSA) is 158 Å². The lowest BCUT2D eigenvalue weighted by molar-refractivity contribution is -0.182. The van der Waals surface area contributed by atoms with Gasteiger partial charge < -0.3 is 25.2 Å². The Kier molecular flexibility index (Phi) is 7.78. The van der Waals surface area contributed by atoms with Crippen molar-refractivity contribution >= 4 is 23.5 Å². The van der Waals surface area contributed by atoms with Crippen LogP contribution < -0.4 is 0 Å². The molecule has 0 saturated heterocycles. The predicted molar refractivity (Wildman–Crippen MR) is 135 cm³/mol. The lowest BCUT2D eigenvalue weighted by Gasteiger charge is -2.60. The largest absolute Gasteiger partial charge is 0.481 e. The third-order valence-electron chi connectivity index (χ3n) is 10.3. The molecule has 0 aliphatic heterocycles. The van der Waals surface area contributed by atoms with Gasteiger partial charge in [-0.1, -0.05) is 32.3 Å². The number of carboxylic acid groups (broad SMARTS) is 1. The van der Waals surface area contributed by atoms with E-state index in [0.717, 1.165) is 12.0 Å². The summed E-state index contributed by atoms with van der Waals surface area (Å²) in [5, 5.41) is 41.9. The van der Waals surface area contributed by atoms with E-state index in [1.165, 1.54) is 6.08 Å². The van der Waals surface area contributed by atoms with Gasteiger partial charge in [-0.2, -0.15) is 0 Å². The van der Waals surface area contributed by atoms with Crippen LogP contribution in [0, 0.1) is 34.5 Å². The van der Waals surface area contributed by atoms with E-state index in [4.69, 9.17) is 4.74 Å². The summed E-state index contributed by atoms with van der Waals surface area (Å²) in [6.07, 6.45) is 5.32. The van der Waals surface area contributed by atoms with Gasteiger partial charge in [-0.25, -0.2) is 0 Å². The van der Waals surface area contributed by atoms with Crippen LogP contribution in [0.4, 0.5) is 0 Å². The molecule has 0 amide bonds. The molecule has 0 aromatic rings. The molecular formula is C29H40O9. The highest BCUT2D eigenvalue weighted by molar-refractivity contribution is 6.02. The lowest BCUT2D eigenvalue weighted by atomic mass is 9.45. The van der Waals surface area contributed by atoms with Crippen LogP contribution in [0.1, 0.15) is 78.6 Å². The highest BCUT2D eigenvalue weighted by Crippen LogP contribution is 2.68. The van der Waals surface area contributed by atoms with E-state index in [0.29, 0.717) is 32.1 Å². The second-order valence-electron chi connectivity index (χ2n) is 12.1. The first kappa shape index (κ1) is 28.6. The Hall–Kier alpha value is -2.36. The average molecular weight is 533 g/mol. The minimum atomic E-state index is -1.73. The Balaban J connectivity index is 1.69. The van der Waals surface area contributed by atoms with Gasteiger partial charge in [-0.05, 0) is 63.4 Å². The Morgan fingerprint density at radius 1 is 1.18 bits per heavy atom. The van der Waals surface area contributed by atoms with Crippen LogP contribution in [-0.4, -0.2) is 62.2 Å². The number of carboxylic acids is 1. The predicted octanol–water partition coefficient (Wildman–Crippen LogP) is 2.71. The first-order valence-corrected chi connectivity index (χ1v) is 13.8. The quantitative estimate of drug-likeness (QED) is 0.328. The van der Waals surface area contributed by atoms with Crippen molar-refractivity contribution in [3.8, 4) is 0 Å². The number of esters is 1. The van der Waals surface area contributed by atoms with Gasteiger partial charge in [0.1, 0.15) is 18.0 Å². The number of rotatable bonds is 9. The van der Waals surface area contributed by atoms with Gasteiger partial charge in [-0.15, -0.1) is 0 Å². The molecular weight excluding hydrogens is 492 g/mol. The second kappa shape index (κ2) is 10.3. The Labute approximate surface area is 222 Å². The van der Waals surface area contributed by atoms with Crippen LogP contribution in [-0.2, 0) is 23.9 Å². The number of fused-ring (bicyclic) bond motifs is 5. The molecule has 0 aromatic carbocycles. The summed E-state index contributed by atoms with van der Waals surface area (Å²) in [5.74, 6) is -4.15. The Morgan fingerprint density at radius 2 is 1.89 bits per heavy atom. The molecule has 9 heteroatoms. The number of hydrogen-bond donors (Lipinski definition) is 4. The van der Waals surface area contributed by atoms with Crippen LogP contribution in [0.25, 0.3) is 0 Å². The number of hydrogen-bond acceptors (Lipinski definition) is 8. The zero-order chi connectivity index (χ0) is 28.0. The van der Waals surface area contributed by atoms with Crippen molar-refractivity contribution in [1.82, 2.24) is 0 Å². The van der Waals surface area contributed by atoms with Gasteiger partial charge in [-0.3, -0.25) is 19.2 Å². The highest BCUT2D eigenvalue weighted by atomic mass is 16.5. The number of ether oxygens (including phenoxy) is 1. The summed E-state index contributed by atoms with van der Waals surface area (Å²) in [7, 11) is 0. The maximum absolute atomic E-state index is 13.2. The zero-order valence-electron chi connectivity index (χ0n) is 22.4. The molecule has 0 heterocycles. The molecule has 210 valence electrons. The number of aliphatic hydroxyl groups excluding tert-OH is 2. The molecule has 3 fully saturated rings.